The van der Waals surface area contributed by atoms with Crippen LogP contribution in [0.1, 0.15) is 19.2 Å². The average Bonchev–Trinajstić information content (AvgIpc) is 2.79. The number of aromatic nitrogens is 2. The highest BCUT2D eigenvalue weighted by molar-refractivity contribution is 5.75. The Morgan fingerprint density at radius 1 is 1.59 bits per heavy atom. The van der Waals surface area contributed by atoms with Gasteiger partial charge in [-0.1, -0.05) is 0 Å². The standard InChI is InChI=1S/C10H16N4O3/c1-2-14(6-3-9(15)16)10(17)13-7-8-11-4-5-12-8/h4-5H,2-3,6-7H2,1H3,(H,11,12)(H,13,17)(H,15,16). The van der Waals surface area contributed by atoms with E-state index in [1.54, 1.807) is 19.3 Å². The summed E-state index contributed by atoms with van der Waals surface area (Å²) in [5.41, 5.74) is 0. The molecule has 7 heteroatoms. The number of H-pyrrole nitrogens is 1. The number of aliphatic carboxylic acids is 1. The number of carboxylic acid groups (broad SMARTS) is 1. The molecule has 1 rings (SSSR count). The molecule has 1 aromatic rings. The number of nitrogens with zero attached hydrogens (tertiary/aromatic N) is 2. The summed E-state index contributed by atoms with van der Waals surface area (Å²) >= 11 is 0. The average molecular weight is 240 g/mol. The van der Waals surface area contributed by atoms with Crippen molar-refractivity contribution in [1.82, 2.24) is 20.2 Å². The van der Waals surface area contributed by atoms with Gasteiger partial charge in [-0.25, -0.2) is 9.78 Å². The van der Waals surface area contributed by atoms with Crippen LogP contribution in [-0.2, 0) is 11.3 Å². The molecule has 0 aromatic carbocycles. The number of hydrogen-bond acceptors (Lipinski definition) is 3. The number of carbonyl (C=O) groups is 2. The van der Waals surface area contributed by atoms with E-state index in [0.717, 1.165) is 0 Å². The molecule has 0 bridgehead atoms. The van der Waals surface area contributed by atoms with Gasteiger partial charge in [0, 0.05) is 25.5 Å². The lowest BCUT2D eigenvalue weighted by atomic mass is 10.4. The van der Waals surface area contributed by atoms with Crippen LogP contribution in [0.3, 0.4) is 0 Å². The minimum atomic E-state index is -0.915. The molecular formula is C10H16N4O3. The second-order valence-electron chi connectivity index (χ2n) is 3.42. The van der Waals surface area contributed by atoms with E-state index in [-0.39, 0.29) is 19.0 Å². The van der Waals surface area contributed by atoms with Crippen molar-refractivity contribution in [3.63, 3.8) is 0 Å². The Bertz CT molecular complexity index is 364. The molecule has 17 heavy (non-hydrogen) atoms. The highest BCUT2D eigenvalue weighted by atomic mass is 16.4. The van der Waals surface area contributed by atoms with E-state index in [2.05, 4.69) is 15.3 Å². The molecule has 3 N–H and O–H groups in total. The van der Waals surface area contributed by atoms with Crippen molar-refractivity contribution in [2.45, 2.75) is 19.9 Å². The number of urea groups is 1. The molecule has 0 aliphatic carbocycles. The molecule has 0 spiro atoms. The van der Waals surface area contributed by atoms with Crippen LogP contribution < -0.4 is 5.32 Å². The normalized spacial score (nSPS) is 9.94. The predicted molar refractivity (Wildman–Crippen MR) is 60.3 cm³/mol. The Morgan fingerprint density at radius 3 is 2.88 bits per heavy atom. The van der Waals surface area contributed by atoms with Gasteiger partial charge in [-0.3, -0.25) is 4.79 Å². The number of imidazole rings is 1. The lowest BCUT2D eigenvalue weighted by molar-refractivity contribution is -0.137. The summed E-state index contributed by atoms with van der Waals surface area (Å²) in [7, 11) is 0. The van der Waals surface area contributed by atoms with E-state index in [4.69, 9.17) is 5.11 Å². The molecular weight excluding hydrogens is 224 g/mol. The molecule has 0 aliphatic heterocycles. The van der Waals surface area contributed by atoms with E-state index in [9.17, 15) is 9.59 Å². The largest absolute Gasteiger partial charge is 0.481 e. The van der Waals surface area contributed by atoms with Crippen LogP contribution in [0.5, 0.6) is 0 Å². The maximum Gasteiger partial charge on any atom is 0.317 e. The first-order valence-corrected chi connectivity index (χ1v) is 5.36. The molecule has 2 amide bonds. The molecule has 0 fully saturated rings. The first-order chi connectivity index (χ1) is 8.13. The maximum absolute atomic E-state index is 11.7. The van der Waals surface area contributed by atoms with Crippen LogP contribution in [0.4, 0.5) is 4.79 Å². The summed E-state index contributed by atoms with van der Waals surface area (Å²) < 4.78 is 0. The number of aromatic amines is 1. The SMILES string of the molecule is CCN(CCC(=O)O)C(=O)NCc1ncc[nH]1. The monoisotopic (exact) mass is 240 g/mol. The molecule has 7 nitrogen and oxygen atoms in total. The van der Waals surface area contributed by atoms with Gasteiger partial charge in [0.1, 0.15) is 5.82 Å². The van der Waals surface area contributed by atoms with E-state index in [0.29, 0.717) is 18.9 Å². The zero-order valence-corrected chi connectivity index (χ0v) is 9.64. The third-order valence-electron chi connectivity index (χ3n) is 2.23. The van der Waals surface area contributed by atoms with Crippen molar-refractivity contribution in [1.29, 1.82) is 0 Å². The smallest absolute Gasteiger partial charge is 0.317 e. The number of carboxylic acids is 1. The van der Waals surface area contributed by atoms with Crippen LogP contribution in [0.2, 0.25) is 0 Å². The number of carbonyl (C=O) groups excluding carboxylic acids is 1. The molecule has 0 aliphatic rings. The van der Waals surface area contributed by atoms with Gasteiger partial charge in [0.2, 0.25) is 0 Å². The van der Waals surface area contributed by atoms with Gasteiger partial charge in [-0.15, -0.1) is 0 Å². The molecule has 1 heterocycles. The van der Waals surface area contributed by atoms with Gasteiger partial charge < -0.3 is 20.3 Å². The summed E-state index contributed by atoms with van der Waals surface area (Å²) in [4.78, 5) is 30.3. The summed E-state index contributed by atoms with van der Waals surface area (Å²) in [6.45, 7) is 2.77. The van der Waals surface area contributed by atoms with Gasteiger partial charge in [0.05, 0.1) is 13.0 Å². The van der Waals surface area contributed by atoms with Gasteiger partial charge in [0.25, 0.3) is 0 Å². The van der Waals surface area contributed by atoms with Crippen molar-refractivity contribution < 1.29 is 14.7 Å². The minimum absolute atomic E-state index is 0.0536. The fourth-order valence-electron chi connectivity index (χ4n) is 1.30. The van der Waals surface area contributed by atoms with Crippen molar-refractivity contribution in [2.24, 2.45) is 0 Å². The fraction of sp³-hybridized carbons (Fsp3) is 0.500. The van der Waals surface area contributed by atoms with Gasteiger partial charge >= 0.3 is 12.0 Å². The predicted octanol–water partition coefficient (Wildman–Crippen LogP) is 0.416. The maximum atomic E-state index is 11.7. The van der Waals surface area contributed by atoms with Crippen molar-refractivity contribution in [3.05, 3.63) is 18.2 Å². The molecule has 0 unspecified atom stereocenters. The minimum Gasteiger partial charge on any atom is -0.481 e. The number of amides is 2. The van der Waals surface area contributed by atoms with E-state index in [1.165, 1.54) is 4.90 Å². The fourth-order valence-corrected chi connectivity index (χ4v) is 1.30. The highest BCUT2D eigenvalue weighted by Gasteiger charge is 2.12. The van der Waals surface area contributed by atoms with Crippen molar-refractivity contribution in [2.75, 3.05) is 13.1 Å². The zero-order valence-electron chi connectivity index (χ0n) is 9.64. The topological polar surface area (TPSA) is 98.3 Å². The van der Waals surface area contributed by atoms with Gasteiger partial charge in [0.15, 0.2) is 0 Å². The molecule has 1 aromatic heterocycles. The van der Waals surface area contributed by atoms with Crippen LogP contribution in [0.25, 0.3) is 0 Å². The first kappa shape index (κ1) is 13.0. The van der Waals surface area contributed by atoms with Crippen LogP contribution >= 0.6 is 0 Å². The van der Waals surface area contributed by atoms with E-state index < -0.39 is 5.97 Å². The van der Waals surface area contributed by atoms with Crippen LogP contribution in [-0.4, -0.2) is 45.1 Å². The molecule has 0 saturated heterocycles. The molecule has 0 atom stereocenters. The second kappa shape index (κ2) is 6.51. The van der Waals surface area contributed by atoms with Crippen molar-refractivity contribution >= 4 is 12.0 Å². The summed E-state index contributed by atoms with van der Waals surface area (Å²) in [5, 5.41) is 11.2. The lowest BCUT2D eigenvalue weighted by Gasteiger charge is -2.20. The Hall–Kier alpha value is -2.05. The number of hydrogen-bond donors (Lipinski definition) is 3. The quantitative estimate of drug-likeness (QED) is 0.671. The Balaban J connectivity index is 2.35. The van der Waals surface area contributed by atoms with Gasteiger partial charge in [-0.2, -0.15) is 0 Å². The lowest BCUT2D eigenvalue weighted by Crippen LogP contribution is -2.40. The third kappa shape index (κ3) is 4.54. The first-order valence-electron chi connectivity index (χ1n) is 5.36. The number of rotatable bonds is 6. The molecule has 94 valence electrons. The van der Waals surface area contributed by atoms with E-state index >= 15 is 0 Å². The number of nitrogens with one attached hydrogen (secondary N) is 2. The summed E-state index contributed by atoms with van der Waals surface area (Å²) in [6, 6.07) is -0.287. The Kier molecular flexibility index (Phi) is 4.99. The molecule has 0 saturated carbocycles. The zero-order chi connectivity index (χ0) is 12.7. The van der Waals surface area contributed by atoms with Crippen LogP contribution in [0.15, 0.2) is 12.4 Å². The highest BCUT2D eigenvalue weighted by Crippen LogP contribution is 1.94. The van der Waals surface area contributed by atoms with Crippen LogP contribution in [0, 0.1) is 0 Å². The summed E-state index contributed by atoms with van der Waals surface area (Å²) in [5.74, 6) is -0.255. The van der Waals surface area contributed by atoms with E-state index in [1.807, 2.05) is 0 Å². The Labute approximate surface area is 98.8 Å². The Morgan fingerprint density at radius 2 is 2.35 bits per heavy atom. The third-order valence-corrected chi connectivity index (χ3v) is 2.23. The van der Waals surface area contributed by atoms with Gasteiger partial charge in [-0.05, 0) is 6.92 Å². The van der Waals surface area contributed by atoms with Crippen molar-refractivity contribution in [3.8, 4) is 0 Å². The summed E-state index contributed by atoms with van der Waals surface area (Å²) in [6.07, 6.45) is 3.22. The molecule has 0 radical (unpaired) electrons. The second-order valence-corrected chi connectivity index (χ2v) is 3.42.